The van der Waals surface area contributed by atoms with Gasteiger partial charge in [-0.15, -0.1) is 0 Å². The molecule has 0 aromatic heterocycles. The van der Waals surface area contributed by atoms with Gasteiger partial charge in [-0.1, -0.05) is 11.6 Å². The minimum absolute atomic E-state index is 0.0124. The predicted octanol–water partition coefficient (Wildman–Crippen LogP) is 0.975. The number of hydrogen-bond donors (Lipinski definition) is 2. The highest BCUT2D eigenvalue weighted by molar-refractivity contribution is 6.30. The number of carbonyl (C=O) groups excluding carboxylic acids is 3. The number of nitrogens with one attached hydrogen (secondary N) is 2. The van der Waals surface area contributed by atoms with Crippen molar-refractivity contribution in [3.8, 4) is 5.75 Å². The van der Waals surface area contributed by atoms with Crippen LogP contribution in [0.2, 0.25) is 5.02 Å². The zero-order chi connectivity index (χ0) is 19.7. The fourth-order valence-corrected chi connectivity index (χ4v) is 4.53. The zero-order valence-corrected chi connectivity index (χ0v) is 15.9. The van der Waals surface area contributed by atoms with Gasteiger partial charge >= 0.3 is 0 Å². The van der Waals surface area contributed by atoms with Crippen LogP contribution in [0.25, 0.3) is 0 Å². The monoisotopic (exact) mass is 393 g/mol. The third kappa shape index (κ3) is 4.03. The maximum Gasteiger partial charge on any atom is 0.279 e. The van der Waals surface area contributed by atoms with Gasteiger partial charge in [-0.2, -0.15) is 0 Å². The number of carboxylic acids is 1. The summed E-state index contributed by atoms with van der Waals surface area (Å²) >= 11 is 5.90. The molecule has 2 bridgehead atoms. The lowest BCUT2D eigenvalue weighted by Gasteiger charge is -2.30. The molecular weight excluding hydrogens is 372 g/mol. The summed E-state index contributed by atoms with van der Waals surface area (Å²) in [7, 11) is 0. The van der Waals surface area contributed by atoms with Gasteiger partial charge in [0.1, 0.15) is 5.75 Å². The zero-order valence-electron chi connectivity index (χ0n) is 15.2. The van der Waals surface area contributed by atoms with Crippen LogP contribution >= 0.6 is 11.6 Å². The molecule has 0 unspecified atom stereocenters. The largest absolute Gasteiger partial charge is 0.550 e. The van der Waals surface area contributed by atoms with Crippen LogP contribution in [-0.4, -0.2) is 23.9 Å². The fraction of sp³-hybridized carbons (Fsp3) is 0.526. The quantitative estimate of drug-likeness (QED) is 0.725. The van der Waals surface area contributed by atoms with Crippen LogP contribution in [0.1, 0.15) is 31.7 Å². The number of aliphatic carboxylic acids is 1. The van der Waals surface area contributed by atoms with Crippen molar-refractivity contribution in [1.82, 2.24) is 10.9 Å². The number of carbonyl (C=O) groups is 3. The number of hydrazine groups is 1. The lowest BCUT2D eigenvalue weighted by atomic mass is 9.79. The van der Waals surface area contributed by atoms with E-state index in [4.69, 9.17) is 16.3 Å². The first-order valence-corrected chi connectivity index (χ1v) is 9.39. The second kappa shape index (κ2) is 7.76. The van der Waals surface area contributed by atoms with Crippen LogP contribution in [0.15, 0.2) is 18.2 Å². The molecule has 5 atom stereocenters. The summed E-state index contributed by atoms with van der Waals surface area (Å²) in [5.41, 5.74) is 5.46. The van der Waals surface area contributed by atoms with E-state index in [9.17, 15) is 19.5 Å². The summed E-state index contributed by atoms with van der Waals surface area (Å²) < 4.78 is 5.60. The molecule has 146 valence electrons. The molecule has 2 aliphatic carbocycles. The number of aryl methyl sites for hydroxylation is 1. The number of rotatable bonds is 5. The van der Waals surface area contributed by atoms with Gasteiger partial charge in [0.15, 0.2) is 6.10 Å². The first kappa shape index (κ1) is 19.5. The molecular formula is C19H22ClN2O5-. The first-order valence-electron chi connectivity index (χ1n) is 9.01. The molecule has 7 nitrogen and oxygen atoms in total. The number of halogens is 1. The van der Waals surface area contributed by atoms with Gasteiger partial charge in [-0.05, 0) is 68.7 Å². The SMILES string of the molecule is Cc1cc(Cl)ccc1O[C@@H](C)C(=O)NNC(=O)[C@H]1[C@@H]2CC[C@@H](C2)[C@@H]1C(=O)[O-]. The molecule has 0 radical (unpaired) electrons. The lowest BCUT2D eigenvalue weighted by molar-refractivity contribution is -0.314. The fourth-order valence-electron chi connectivity index (χ4n) is 4.30. The number of amides is 2. The summed E-state index contributed by atoms with van der Waals surface area (Å²) in [6, 6.07) is 5.05. The number of fused-ring (bicyclic) bond motifs is 2. The van der Waals surface area contributed by atoms with Crippen LogP contribution in [-0.2, 0) is 14.4 Å². The molecule has 1 aromatic carbocycles. The van der Waals surface area contributed by atoms with Gasteiger partial charge in [-0.25, -0.2) is 0 Å². The Kier molecular flexibility index (Phi) is 5.60. The Balaban J connectivity index is 1.55. The molecule has 2 fully saturated rings. The number of benzene rings is 1. The van der Waals surface area contributed by atoms with Crippen molar-refractivity contribution >= 4 is 29.4 Å². The van der Waals surface area contributed by atoms with Crippen LogP contribution in [0.5, 0.6) is 5.75 Å². The van der Waals surface area contributed by atoms with Gasteiger partial charge in [0.05, 0.1) is 5.92 Å². The van der Waals surface area contributed by atoms with E-state index in [0.717, 1.165) is 24.8 Å². The Morgan fingerprint density at radius 1 is 1.19 bits per heavy atom. The number of hydrogen-bond acceptors (Lipinski definition) is 5. The first-order chi connectivity index (χ1) is 12.8. The normalized spacial score (nSPS) is 27.1. The van der Waals surface area contributed by atoms with Crippen LogP contribution < -0.4 is 20.7 Å². The van der Waals surface area contributed by atoms with Crippen molar-refractivity contribution in [3.63, 3.8) is 0 Å². The highest BCUT2D eigenvalue weighted by Crippen LogP contribution is 2.52. The molecule has 2 amide bonds. The van der Waals surface area contributed by atoms with E-state index in [-0.39, 0.29) is 11.8 Å². The number of carboxylic acid groups (broad SMARTS) is 1. The smallest absolute Gasteiger partial charge is 0.279 e. The molecule has 1 aromatic rings. The Hall–Kier alpha value is -2.28. The molecule has 27 heavy (non-hydrogen) atoms. The van der Waals surface area contributed by atoms with Gasteiger partial charge in [0, 0.05) is 16.9 Å². The summed E-state index contributed by atoms with van der Waals surface area (Å²) in [5, 5.41) is 12.0. The van der Waals surface area contributed by atoms with E-state index in [2.05, 4.69) is 10.9 Å². The van der Waals surface area contributed by atoms with Crippen molar-refractivity contribution in [2.24, 2.45) is 23.7 Å². The average molecular weight is 394 g/mol. The van der Waals surface area contributed by atoms with E-state index in [1.165, 1.54) is 0 Å². The van der Waals surface area contributed by atoms with Gasteiger partial charge < -0.3 is 14.6 Å². The van der Waals surface area contributed by atoms with Crippen LogP contribution in [0, 0.1) is 30.6 Å². The molecule has 8 heteroatoms. The standard InChI is InChI=1S/C19H23ClN2O5/c1-9-7-13(20)5-6-14(9)27-10(2)17(23)21-22-18(24)15-11-3-4-12(8-11)16(15)19(25)26/h5-7,10-12,15-16H,3-4,8H2,1-2H3,(H,21,23)(H,22,24)(H,25,26)/p-1/t10-,11+,12-,15-,16-/m0/s1. The molecule has 0 heterocycles. The maximum absolute atomic E-state index is 12.5. The Labute approximate surface area is 162 Å². The molecule has 2 aliphatic rings. The van der Waals surface area contributed by atoms with E-state index >= 15 is 0 Å². The lowest BCUT2D eigenvalue weighted by Crippen LogP contribution is -2.52. The Morgan fingerprint density at radius 2 is 1.85 bits per heavy atom. The van der Waals surface area contributed by atoms with E-state index in [1.54, 1.807) is 25.1 Å². The van der Waals surface area contributed by atoms with Crippen molar-refractivity contribution in [3.05, 3.63) is 28.8 Å². The van der Waals surface area contributed by atoms with Crippen molar-refractivity contribution in [1.29, 1.82) is 0 Å². The third-order valence-corrected chi connectivity index (χ3v) is 5.85. The van der Waals surface area contributed by atoms with Gasteiger partial charge in [0.25, 0.3) is 5.91 Å². The molecule has 0 aliphatic heterocycles. The van der Waals surface area contributed by atoms with Gasteiger partial charge in [0.2, 0.25) is 5.91 Å². The molecule has 0 spiro atoms. The van der Waals surface area contributed by atoms with Crippen molar-refractivity contribution in [2.45, 2.75) is 39.2 Å². The van der Waals surface area contributed by atoms with Crippen LogP contribution in [0.4, 0.5) is 0 Å². The summed E-state index contributed by atoms with van der Waals surface area (Å²) in [6.07, 6.45) is 1.50. The molecule has 3 rings (SSSR count). The van der Waals surface area contributed by atoms with E-state index in [0.29, 0.717) is 10.8 Å². The minimum Gasteiger partial charge on any atom is -0.550 e. The topological polar surface area (TPSA) is 108 Å². The van der Waals surface area contributed by atoms with E-state index in [1.807, 2.05) is 6.92 Å². The predicted molar refractivity (Wildman–Crippen MR) is 95.4 cm³/mol. The maximum atomic E-state index is 12.5. The minimum atomic E-state index is -1.19. The van der Waals surface area contributed by atoms with Crippen molar-refractivity contribution in [2.75, 3.05) is 0 Å². The Morgan fingerprint density at radius 3 is 2.48 bits per heavy atom. The second-order valence-electron chi connectivity index (χ2n) is 7.35. The summed E-state index contributed by atoms with van der Waals surface area (Å²) in [6.45, 7) is 3.36. The molecule has 2 saturated carbocycles. The van der Waals surface area contributed by atoms with Crippen molar-refractivity contribution < 1.29 is 24.2 Å². The van der Waals surface area contributed by atoms with Gasteiger partial charge in [-0.3, -0.25) is 20.4 Å². The second-order valence-corrected chi connectivity index (χ2v) is 7.79. The van der Waals surface area contributed by atoms with Crippen LogP contribution in [0.3, 0.4) is 0 Å². The van der Waals surface area contributed by atoms with E-state index < -0.39 is 35.7 Å². The average Bonchev–Trinajstić information content (AvgIpc) is 3.22. The molecule has 0 saturated heterocycles. The Bertz CT molecular complexity index is 768. The highest BCUT2D eigenvalue weighted by Gasteiger charge is 2.51. The number of ether oxygens (including phenoxy) is 1. The highest BCUT2D eigenvalue weighted by atomic mass is 35.5. The third-order valence-electron chi connectivity index (χ3n) is 5.61. The summed E-state index contributed by atoms with van der Waals surface area (Å²) in [4.78, 5) is 36.1. The summed E-state index contributed by atoms with van der Waals surface area (Å²) in [5.74, 6) is -3.14. The molecule has 2 N–H and O–H groups in total.